The number of carbonyl (C=O) groups is 1. The Balaban J connectivity index is 1.18. The number of allylic oxidation sites excluding steroid dienone is 3. The molecule has 7 aliphatic rings. The van der Waals surface area contributed by atoms with E-state index in [1.807, 2.05) is 0 Å². The maximum absolute atomic E-state index is 14.5. The number of hydrogen-bond donors (Lipinski definition) is 8. The van der Waals surface area contributed by atoms with Crippen molar-refractivity contribution < 1.29 is 64.6 Å². The summed E-state index contributed by atoms with van der Waals surface area (Å²) in [4.78, 5) is 14.5. The molecule has 13 nitrogen and oxygen atoms in total. The maximum atomic E-state index is 14.5. The molecule has 7 rings (SSSR count). The minimum atomic E-state index is -1.68. The second-order valence-corrected chi connectivity index (χ2v) is 19.0. The van der Waals surface area contributed by atoms with Crippen molar-refractivity contribution in [3.63, 3.8) is 0 Å². The van der Waals surface area contributed by atoms with E-state index in [0.29, 0.717) is 19.3 Å². The third-order valence-electron chi connectivity index (χ3n) is 16.8. The van der Waals surface area contributed by atoms with Gasteiger partial charge in [0.2, 0.25) is 6.29 Å². The molecule has 0 amide bonds. The van der Waals surface area contributed by atoms with E-state index in [2.05, 4.69) is 47.3 Å². The summed E-state index contributed by atoms with van der Waals surface area (Å²) < 4.78 is 23.7. The van der Waals surface area contributed by atoms with Crippen molar-refractivity contribution in [3.8, 4) is 0 Å². The molecular weight excluding hydrogens is 700 g/mol. The van der Waals surface area contributed by atoms with Crippen LogP contribution in [-0.4, -0.2) is 128 Å². The lowest BCUT2D eigenvalue weighted by Gasteiger charge is -2.71. The van der Waals surface area contributed by atoms with Crippen molar-refractivity contribution in [3.05, 3.63) is 23.8 Å². The van der Waals surface area contributed by atoms with Crippen molar-refractivity contribution >= 4 is 5.97 Å². The Morgan fingerprint density at radius 1 is 0.796 bits per heavy atom. The first-order valence-corrected chi connectivity index (χ1v) is 20.2. The summed E-state index contributed by atoms with van der Waals surface area (Å²) in [5.41, 5.74) is -0.0486. The van der Waals surface area contributed by atoms with Gasteiger partial charge >= 0.3 is 5.97 Å². The lowest BCUT2D eigenvalue weighted by atomic mass is 9.33. The molecule has 0 spiro atoms. The van der Waals surface area contributed by atoms with Crippen LogP contribution in [0, 0.1) is 50.7 Å². The summed E-state index contributed by atoms with van der Waals surface area (Å²) >= 11 is 0. The van der Waals surface area contributed by atoms with Crippen LogP contribution in [0.2, 0.25) is 0 Å². The zero-order valence-corrected chi connectivity index (χ0v) is 32.5. The Labute approximate surface area is 318 Å². The molecule has 13 heteroatoms. The molecule has 2 heterocycles. The number of aliphatic hydroxyl groups excluding tert-OH is 8. The molecule has 0 bridgehead atoms. The Hall–Kier alpha value is -1.49. The molecule has 0 radical (unpaired) electrons. The first-order chi connectivity index (χ1) is 25.4. The van der Waals surface area contributed by atoms with Crippen LogP contribution >= 0.6 is 0 Å². The number of rotatable bonds is 7. The highest BCUT2D eigenvalue weighted by molar-refractivity contribution is 5.80. The van der Waals surface area contributed by atoms with E-state index in [0.717, 1.165) is 44.1 Å². The van der Waals surface area contributed by atoms with Crippen molar-refractivity contribution in [2.45, 2.75) is 154 Å². The third kappa shape index (κ3) is 5.61. The maximum Gasteiger partial charge on any atom is 0.315 e. The van der Waals surface area contributed by atoms with Gasteiger partial charge in [-0.05, 0) is 91.8 Å². The van der Waals surface area contributed by atoms with Crippen LogP contribution in [0.25, 0.3) is 0 Å². The first-order valence-electron chi connectivity index (χ1n) is 20.2. The zero-order chi connectivity index (χ0) is 39.3. The largest absolute Gasteiger partial charge is 0.432 e. The number of ether oxygens (including phenoxy) is 4. The highest BCUT2D eigenvalue weighted by Gasteiger charge is 2.70. The number of carbonyl (C=O) groups excluding carboxylic acids is 1. The van der Waals surface area contributed by atoms with Crippen LogP contribution < -0.4 is 0 Å². The van der Waals surface area contributed by atoms with Gasteiger partial charge in [-0.2, -0.15) is 0 Å². The van der Waals surface area contributed by atoms with Gasteiger partial charge < -0.3 is 59.8 Å². The van der Waals surface area contributed by atoms with Gasteiger partial charge in [0.15, 0.2) is 6.29 Å². The molecule has 8 N–H and O–H groups in total. The van der Waals surface area contributed by atoms with E-state index in [4.69, 9.17) is 18.9 Å². The molecule has 54 heavy (non-hydrogen) atoms. The summed E-state index contributed by atoms with van der Waals surface area (Å²) in [6.07, 6.45) is -3.80. The molecule has 0 aromatic heterocycles. The van der Waals surface area contributed by atoms with Crippen LogP contribution in [0.1, 0.15) is 92.4 Å². The van der Waals surface area contributed by atoms with E-state index >= 15 is 0 Å². The molecule has 306 valence electrons. The molecule has 2 saturated heterocycles. The minimum Gasteiger partial charge on any atom is -0.432 e. The van der Waals surface area contributed by atoms with Crippen molar-refractivity contribution in [2.75, 3.05) is 19.8 Å². The minimum absolute atomic E-state index is 0.0864. The van der Waals surface area contributed by atoms with Crippen molar-refractivity contribution in [1.29, 1.82) is 0 Å². The van der Waals surface area contributed by atoms with Gasteiger partial charge in [0, 0.05) is 11.3 Å². The number of esters is 1. The van der Waals surface area contributed by atoms with Gasteiger partial charge in [-0.1, -0.05) is 58.4 Å². The molecule has 4 saturated carbocycles. The fraction of sp³-hybridized carbons (Fsp3) is 0.878. The van der Waals surface area contributed by atoms with Crippen LogP contribution in [0.3, 0.4) is 0 Å². The molecule has 5 aliphatic carbocycles. The molecule has 19 atom stereocenters. The Morgan fingerprint density at radius 3 is 2.07 bits per heavy atom. The molecule has 2 aliphatic heterocycles. The summed E-state index contributed by atoms with van der Waals surface area (Å²) in [5, 5.41) is 83.1. The van der Waals surface area contributed by atoms with E-state index in [1.54, 1.807) is 0 Å². The number of aliphatic hydroxyl groups is 8. The monoisotopic (exact) mass is 764 g/mol. The second-order valence-electron chi connectivity index (χ2n) is 19.0. The van der Waals surface area contributed by atoms with E-state index < -0.39 is 91.4 Å². The summed E-state index contributed by atoms with van der Waals surface area (Å²) in [6, 6.07) is 0. The Kier molecular flexibility index (Phi) is 10.6. The number of hydrogen-bond acceptors (Lipinski definition) is 13. The molecular formula is C41H64O13. The fourth-order valence-corrected chi connectivity index (χ4v) is 13.2. The second kappa shape index (κ2) is 14.1. The molecule has 6 fully saturated rings. The van der Waals surface area contributed by atoms with Crippen LogP contribution in [-0.2, 0) is 23.7 Å². The van der Waals surface area contributed by atoms with Gasteiger partial charge in [0.25, 0.3) is 0 Å². The quantitative estimate of drug-likeness (QED) is 0.137. The summed E-state index contributed by atoms with van der Waals surface area (Å²) in [6.45, 7) is 14.8. The predicted octanol–water partition coefficient (Wildman–Crippen LogP) is 1.70. The van der Waals surface area contributed by atoms with Crippen molar-refractivity contribution in [1.82, 2.24) is 0 Å². The highest BCUT2D eigenvalue weighted by Crippen LogP contribution is 2.76. The predicted molar refractivity (Wildman–Crippen MR) is 193 cm³/mol. The van der Waals surface area contributed by atoms with Crippen LogP contribution in [0.4, 0.5) is 0 Å². The molecule has 0 aromatic rings. The van der Waals surface area contributed by atoms with Crippen LogP contribution in [0.15, 0.2) is 23.8 Å². The van der Waals surface area contributed by atoms with E-state index in [1.165, 1.54) is 5.57 Å². The third-order valence-corrected chi connectivity index (χ3v) is 16.8. The first kappa shape index (κ1) is 40.7. The van der Waals surface area contributed by atoms with E-state index in [9.17, 15) is 45.6 Å². The highest BCUT2D eigenvalue weighted by atomic mass is 16.7. The standard InChI is InChI=1S/C41H64O13/c1-20-9-14-41(36(50)54-35-33(49)31(47)29(45)23(17-42)52-35)16-15-39(5)22(28(41)21(20)2)7-8-26-37(3)12-11-27(53-34-32(48)30(46)24(18-43)51-34)38(4,19-44)25(37)10-13-40(26,39)6/h7,20,23-35,42-49H,2,8-19H2,1,3-6H3. The average Bonchev–Trinajstić information content (AvgIpc) is 3.42. The molecule has 0 aromatic carbocycles. The lowest BCUT2D eigenvalue weighted by molar-refractivity contribution is -0.297. The Bertz CT molecular complexity index is 1490. The smallest absolute Gasteiger partial charge is 0.315 e. The van der Waals surface area contributed by atoms with E-state index in [-0.39, 0.29) is 46.5 Å². The van der Waals surface area contributed by atoms with Crippen LogP contribution in [0.5, 0.6) is 0 Å². The summed E-state index contributed by atoms with van der Waals surface area (Å²) in [5.74, 6) is -0.322. The zero-order valence-electron chi connectivity index (χ0n) is 32.5. The fourth-order valence-electron chi connectivity index (χ4n) is 13.2. The van der Waals surface area contributed by atoms with Gasteiger partial charge in [0.05, 0.1) is 31.3 Å². The van der Waals surface area contributed by atoms with Gasteiger partial charge in [-0.25, -0.2) is 0 Å². The van der Waals surface area contributed by atoms with Gasteiger partial charge in [-0.15, -0.1) is 0 Å². The summed E-state index contributed by atoms with van der Waals surface area (Å²) in [7, 11) is 0. The van der Waals surface area contributed by atoms with Gasteiger partial charge in [-0.3, -0.25) is 4.79 Å². The van der Waals surface area contributed by atoms with Crippen molar-refractivity contribution in [2.24, 2.45) is 50.7 Å². The molecule has 19 unspecified atom stereocenters. The Morgan fingerprint density at radius 2 is 1.43 bits per heavy atom. The SMILES string of the molecule is C=C1C(C)CCC2(C(=O)OC3OC(CO)C(O)C(O)C3O)CCC3(C)C(=CCC4C5(C)CCC(OC6OC(CO)C(O)C6O)C(C)(CO)C5CCC43C)C12. The van der Waals surface area contributed by atoms with Gasteiger partial charge in [0.1, 0.15) is 42.7 Å². The topological polar surface area (TPSA) is 216 Å². The lowest BCUT2D eigenvalue weighted by Crippen LogP contribution is -2.66. The number of fused-ring (bicyclic) bond motifs is 7. The average molecular weight is 765 g/mol. The normalized spacial score (nSPS) is 54.5.